The molecule has 0 aliphatic heterocycles. The van der Waals surface area contributed by atoms with E-state index in [2.05, 4.69) is 14.7 Å². The topological polar surface area (TPSA) is 72.0 Å². The van der Waals surface area contributed by atoms with Gasteiger partial charge in [0.1, 0.15) is 5.82 Å². The van der Waals surface area contributed by atoms with Crippen LogP contribution in [0, 0.1) is 5.82 Å². The summed E-state index contributed by atoms with van der Waals surface area (Å²) in [4.78, 5) is 8.55. The van der Waals surface area contributed by atoms with Gasteiger partial charge < -0.3 is 0 Å². The van der Waals surface area contributed by atoms with Crippen LogP contribution in [-0.2, 0) is 15.8 Å². The van der Waals surface area contributed by atoms with Gasteiger partial charge >= 0.3 is 0 Å². The maximum atomic E-state index is 13.3. The average Bonchev–Trinajstić information content (AvgIpc) is 3.09. The Bertz CT molecular complexity index is 1230. The van der Waals surface area contributed by atoms with Gasteiger partial charge in [-0.25, -0.2) is 17.8 Å². The first kappa shape index (κ1) is 18.9. The van der Waals surface area contributed by atoms with E-state index in [1.165, 1.54) is 29.5 Å². The monoisotopic (exact) mass is 431 g/mol. The van der Waals surface area contributed by atoms with E-state index in [1.54, 1.807) is 36.2 Å². The smallest absolute Gasteiger partial charge is 0.261 e. The third-order valence-electron chi connectivity index (χ3n) is 3.81. The number of thioether (sulfide) groups is 1. The first-order valence-corrected chi connectivity index (χ1v) is 11.5. The number of nitrogens with zero attached hydrogens (tertiary/aromatic N) is 2. The molecule has 9 heteroatoms. The number of anilines is 1. The number of halogens is 1. The summed E-state index contributed by atoms with van der Waals surface area (Å²) in [5.41, 5.74) is 2.31. The van der Waals surface area contributed by atoms with Crippen molar-refractivity contribution in [2.75, 3.05) is 4.72 Å². The van der Waals surface area contributed by atoms with E-state index >= 15 is 0 Å². The van der Waals surface area contributed by atoms with Crippen molar-refractivity contribution in [3.05, 3.63) is 78.4 Å². The standard InChI is InChI=1S/C19H14FN3O2S3/c20-14-4-1-5-16(9-14)28(24,25)23-15-6-7-17-18(10-15)27-19(22-17)26-12-13-3-2-8-21-11-13/h1-11,23H,12H2. The Balaban J connectivity index is 1.53. The van der Waals surface area contributed by atoms with Crippen molar-refractivity contribution < 1.29 is 12.8 Å². The molecule has 28 heavy (non-hydrogen) atoms. The molecule has 1 N–H and O–H groups in total. The Kier molecular flexibility index (Phi) is 5.29. The molecule has 4 rings (SSSR count). The van der Waals surface area contributed by atoms with Gasteiger partial charge in [-0.2, -0.15) is 0 Å². The van der Waals surface area contributed by atoms with Crippen molar-refractivity contribution in [1.82, 2.24) is 9.97 Å². The molecule has 0 unspecified atom stereocenters. The quantitative estimate of drug-likeness (QED) is 0.439. The van der Waals surface area contributed by atoms with Gasteiger partial charge in [-0.05, 0) is 48.0 Å². The maximum Gasteiger partial charge on any atom is 0.261 e. The van der Waals surface area contributed by atoms with E-state index in [0.29, 0.717) is 5.69 Å². The SMILES string of the molecule is O=S(=O)(Nc1ccc2nc(SCc3cccnc3)sc2c1)c1cccc(F)c1. The molecule has 142 valence electrons. The largest absolute Gasteiger partial charge is 0.280 e. The summed E-state index contributed by atoms with van der Waals surface area (Å²) in [7, 11) is -3.86. The predicted molar refractivity (Wildman–Crippen MR) is 111 cm³/mol. The molecule has 4 aromatic rings. The second-order valence-corrected chi connectivity index (χ2v) is 9.81. The van der Waals surface area contributed by atoms with Gasteiger partial charge in [-0.3, -0.25) is 9.71 Å². The molecule has 0 saturated carbocycles. The highest BCUT2D eigenvalue weighted by molar-refractivity contribution is 8.00. The van der Waals surface area contributed by atoms with Crippen molar-refractivity contribution >= 4 is 49.0 Å². The Morgan fingerprint density at radius 3 is 2.79 bits per heavy atom. The Morgan fingerprint density at radius 2 is 2.00 bits per heavy atom. The van der Waals surface area contributed by atoms with Crippen molar-refractivity contribution in [2.45, 2.75) is 15.0 Å². The fourth-order valence-electron chi connectivity index (χ4n) is 2.51. The highest BCUT2D eigenvalue weighted by atomic mass is 32.2. The Labute approximate surface area is 169 Å². The van der Waals surface area contributed by atoms with Crippen LogP contribution < -0.4 is 4.72 Å². The second-order valence-electron chi connectivity index (χ2n) is 5.88. The third-order valence-corrected chi connectivity index (χ3v) is 7.42. The third kappa shape index (κ3) is 4.32. The predicted octanol–water partition coefficient (Wildman–Crippen LogP) is 4.92. The van der Waals surface area contributed by atoms with Crippen LogP contribution in [0.15, 0.2) is 76.2 Å². The van der Waals surface area contributed by atoms with Crippen LogP contribution >= 0.6 is 23.1 Å². The summed E-state index contributed by atoms with van der Waals surface area (Å²) in [6.07, 6.45) is 3.55. The lowest BCUT2D eigenvalue weighted by atomic mass is 10.3. The summed E-state index contributed by atoms with van der Waals surface area (Å²) < 4.78 is 42.5. The molecule has 5 nitrogen and oxygen atoms in total. The fraction of sp³-hybridized carbons (Fsp3) is 0.0526. The molecule has 0 atom stereocenters. The number of sulfonamides is 1. The number of hydrogen-bond donors (Lipinski definition) is 1. The number of fused-ring (bicyclic) bond motifs is 1. The molecule has 0 aliphatic rings. The summed E-state index contributed by atoms with van der Waals surface area (Å²) in [6, 6.07) is 14.0. The molecule has 0 amide bonds. The van der Waals surface area contributed by atoms with E-state index in [0.717, 1.165) is 31.9 Å². The minimum absolute atomic E-state index is 0.121. The van der Waals surface area contributed by atoms with Gasteiger partial charge in [0.2, 0.25) is 0 Å². The molecule has 0 spiro atoms. The zero-order chi connectivity index (χ0) is 19.6. The summed E-state index contributed by atoms with van der Waals surface area (Å²) in [5, 5.41) is 0. The number of nitrogens with one attached hydrogen (secondary N) is 1. The van der Waals surface area contributed by atoms with Crippen molar-refractivity contribution in [3.8, 4) is 0 Å². The lowest BCUT2D eigenvalue weighted by Crippen LogP contribution is -2.12. The number of thiazole rings is 1. The highest BCUT2D eigenvalue weighted by Crippen LogP contribution is 2.33. The maximum absolute atomic E-state index is 13.3. The fourth-order valence-corrected chi connectivity index (χ4v) is 5.63. The van der Waals surface area contributed by atoms with E-state index in [-0.39, 0.29) is 4.90 Å². The van der Waals surface area contributed by atoms with Crippen LogP contribution in [0.2, 0.25) is 0 Å². The van der Waals surface area contributed by atoms with E-state index in [9.17, 15) is 12.8 Å². The van der Waals surface area contributed by atoms with E-state index < -0.39 is 15.8 Å². The van der Waals surface area contributed by atoms with Crippen LogP contribution in [0.5, 0.6) is 0 Å². The van der Waals surface area contributed by atoms with E-state index in [1.807, 2.05) is 18.3 Å². The molecule has 0 radical (unpaired) electrons. The number of hydrogen-bond acceptors (Lipinski definition) is 6. The molecule has 0 bridgehead atoms. The average molecular weight is 432 g/mol. The van der Waals surface area contributed by atoms with Crippen LogP contribution in [0.3, 0.4) is 0 Å². The van der Waals surface area contributed by atoms with Gasteiger partial charge in [-0.15, -0.1) is 11.3 Å². The van der Waals surface area contributed by atoms with Gasteiger partial charge in [0.15, 0.2) is 4.34 Å². The Hall–Kier alpha value is -2.49. The normalized spacial score (nSPS) is 11.6. The zero-order valence-corrected chi connectivity index (χ0v) is 16.8. The number of pyridine rings is 1. The molecule has 2 aromatic heterocycles. The van der Waals surface area contributed by atoms with Gasteiger partial charge in [0, 0.05) is 18.1 Å². The minimum atomic E-state index is -3.86. The molecule has 0 fully saturated rings. The van der Waals surface area contributed by atoms with Gasteiger partial charge in [-0.1, -0.05) is 23.9 Å². The van der Waals surface area contributed by atoms with Crippen LogP contribution in [0.25, 0.3) is 10.2 Å². The van der Waals surface area contributed by atoms with Crippen LogP contribution in [0.4, 0.5) is 10.1 Å². The minimum Gasteiger partial charge on any atom is -0.280 e. The van der Waals surface area contributed by atoms with Crippen molar-refractivity contribution in [2.24, 2.45) is 0 Å². The number of rotatable bonds is 6. The van der Waals surface area contributed by atoms with Crippen molar-refractivity contribution in [1.29, 1.82) is 0 Å². The van der Waals surface area contributed by atoms with E-state index in [4.69, 9.17) is 0 Å². The first-order chi connectivity index (χ1) is 13.5. The Morgan fingerprint density at radius 1 is 1.11 bits per heavy atom. The second kappa shape index (κ2) is 7.86. The summed E-state index contributed by atoms with van der Waals surface area (Å²) in [6.45, 7) is 0. The van der Waals surface area contributed by atoms with Gasteiger partial charge in [0.25, 0.3) is 10.0 Å². The molecule has 2 heterocycles. The highest BCUT2D eigenvalue weighted by Gasteiger charge is 2.15. The van der Waals surface area contributed by atoms with Gasteiger partial charge in [0.05, 0.1) is 20.8 Å². The zero-order valence-electron chi connectivity index (χ0n) is 14.4. The molecular formula is C19H14FN3O2S3. The molecule has 2 aromatic carbocycles. The van der Waals surface area contributed by atoms with Crippen LogP contribution in [0.1, 0.15) is 5.56 Å². The number of aromatic nitrogens is 2. The van der Waals surface area contributed by atoms with Crippen LogP contribution in [-0.4, -0.2) is 18.4 Å². The molecule has 0 aliphatic carbocycles. The summed E-state index contributed by atoms with van der Waals surface area (Å²) >= 11 is 3.10. The number of benzene rings is 2. The molecular weight excluding hydrogens is 417 g/mol. The first-order valence-electron chi connectivity index (χ1n) is 8.20. The molecule has 0 saturated heterocycles. The summed E-state index contributed by atoms with van der Waals surface area (Å²) in [5.74, 6) is 0.156. The lowest BCUT2D eigenvalue weighted by molar-refractivity contribution is 0.595. The van der Waals surface area contributed by atoms with Crippen molar-refractivity contribution in [3.63, 3.8) is 0 Å². The lowest BCUT2D eigenvalue weighted by Gasteiger charge is -2.08.